The Morgan fingerprint density at radius 3 is 2.62 bits per heavy atom. The zero-order valence-corrected chi connectivity index (χ0v) is 15.9. The van der Waals surface area contributed by atoms with Gasteiger partial charge in [0.2, 0.25) is 0 Å². The summed E-state index contributed by atoms with van der Waals surface area (Å²) in [6.45, 7) is 7.34. The van der Waals surface area contributed by atoms with Gasteiger partial charge in [0.25, 0.3) is 0 Å². The number of aromatic amines is 1. The lowest BCUT2D eigenvalue weighted by Crippen LogP contribution is -2.37. The number of aromatic nitrogens is 3. The molecule has 0 bridgehead atoms. The fourth-order valence-corrected chi connectivity index (χ4v) is 4.37. The minimum absolute atomic E-state index is 0.179. The number of hydrogen-bond acceptors (Lipinski definition) is 5. The summed E-state index contributed by atoms with van der Waals surface area (Å²) in [7, 11) is 2.12. The number of amides is 1. The largest absolute Gasteiger partial charge is 0.444 e. The number of ether oxygens (including phenoxy) is 1. The van der Waals surface area contributed by atoms with E-state index in [2.05, 4.69) is 26.9 Å². The molecule has 1 saturated carbocycles. The summed E-state index contributed by atoms with van der Waals surface area (Å²) in [5, 5.41) is 1.06. The van der Waals surface area contributed by atoms with Crippen LogP contribution in [0.25, 0.3) is 11.0 Å². The lowest BCUT2D eigenvalue weighted by Gasteiger charge is -2.28. The van der Waals surface area contributed by atoms with Crippen LogP contribution in [0.15, 0.2) is 18.6 Å². The maximum Gasteiger partial charge on any atom is 0.410 e. The normalized spacial score (nSPS) is 25.5. The minimum Gasteiger partial charge on any atom is -0.444 e. The number of anilines is 1. The van der Waals surface area contributed by atoms with Gasteiger partial charge in [-0.25, -0.2) is 14.8 Å². The Hall–Kier alpha value is -2.31. The summed E-state index contributed by atoms with van der Waals surface area (Å²) in [6, 6.07) is 2.47. The fourth-order valence-electron chi connectivity index (χ4n) is 4.37. The number of H-pyrrole nitrogens is 1. The lowest BCUT2D eigenvalue weighted by atomic mass is 10.0. The second kappa shape index (κ2) is 6.14. The molecule has 2 fully saturated rings. The second-order valence-corrected chi connectivity index (χ2v) is 8.58. The molecule has 2 aliphatic rings. The molecule has 7 heteroatoms. The Bertz CT molecular complexity index is 798. The molecule has 0 spiro atoms. The number of nitrogens with one attached hydrogen (secondary N) is 1. The van der Waals surface area contributed by atoms with Gasteiger partial charge in [0.1, 0.15) is 23.4 Å². The average molecular weight is 357 g/mol. The van der Waals surface area contributed by atoms with Gasteiger partial charge in [0.15, 0.2) is 0 Å². The van der Waals surface area contributed by atoms with E-state index in [0.29, 0.717) is 17.9 Å². The van der Waals surface area contributed by atoms with Crippen molar-refractivity contribution in [3.05, 3.63) is 18.6 Å². The zero-order chi connectivity index (χ0) is 18.5. The number of nitrogens with zero attached hydrogens (tertiary/aromatic N) is 4. The summed E-state index contributed by atoms with van der Waals surface area (Å²) >= 11 is 0. The van der Waals surface area contributed by atoms with Crippen LogP contribution in [0.1, 0.15) is 33.6 Å². The Morgan fingerprint density at radius 2 is 1.96 bits per heavy atom. The highest BCUT2D eigenvalue weighted by atomic mass is 16.6. The molecule has 7 nitrogen and oxygen atoms in total. The second-order valence-electron chi connectivity index (χ2n) is 8.58. The monoisotopic (exact) mass is 357 g/mol. The van der Waals surface area contributed by atoms with E-state index in [4.69, 9.17) is 4.74 Å². The van der Waals surface area contributed by atoms with Crippen molar-refractivity contribution in [1.29, 1.82) is 0 Å². The molecular weight excluding hydrogens is 330 g/mol. The third kappa shape index (κ3) is 3.10. The summed E-state index contributed by atoms with van der Waals surface area (Å²) in [5.41, 5.74) is 0.433. The summed E-state index contributed by atoms with van der Waals surface area (Å²) < 4.78 is 5.53. The van der Waals surface area contributed by atoms with E-state index in [1.54, 1.807) is 6.33 Å². The number of carbonyl (C=O) groups is 1. The number of hydrogen-bond donors (Lipinski definition) is 1. The van der Waals surface area contributed by atoms with Crippen molar-refractivity contribution >= 4 is 22.9 Å². The highest BCUT2D eigenvalue weighted by Crippen LogP contribution is 2.41. The number of likely N-dealkylation sites (tertiary alicyclic amines) is 1. The zero-order valence-electron chi connectivity index (χ0n) is 15.9. The van der Waals surface area contributed by atoms with Crippen LogP contribution in [0.4, 0.5) is 10.6 Å². The van der Waals surface area contributed by atoms with Crippen LogP contribution in [-0.4, -0.2) is 57.7 Å². The van der Waals surface area contributed by atoms with Gasteiger partial charge < -0.3 is 19.5 Å². The summed E-state index contributed by atoms with van der Waals surface area (Å²) in [4.78, 5) is 28.4. The van der Waals surface area contributed by atoms with Crippen LogP contribution < -0.4 is 4.90 Å². The van der Waals surface area contributed by atoms with E-state index >= 15 is 0 Å². The molecule has 2 aromatic heterocycles. The van der Waals surface area contributed by atoms with Crippen molar-refractivity contribution in [3.63, 3.8) is 0 Å². The number of fused-ring (bicyclic) bond motifs is 2. The van der Waals surface area contributed by atoms with Crippen molar-refractivity contribution in [2.45, 2.75) is 45.3 Å². The van der Waals surface area contributed by atoms with Gasteiger partial charge in [0, 0.05) is 32.4 Å². The van der Waals surface area contributed by atoms with Crippen LogP contribution in [0, 0.1) is 11.8 Å². The van der Waals surface area contributed by atoms with E-state index in [9.17, 15) is 4.79 Å². The molecule has 1 aliphatic carbocycles. The molecular formula is C19H27N5O2. The van der Waals surface area contributed by atoms with Gasteiger partial charge in [0.05, 0.1) is 5.39 Å². The molecule has 3 heterocycles. The van der Waals surface area contributed by atoms with Gasteiger partial charge in [-0.15, -0.1) is 0 Å². The first-order valence-electron chi connectivity index (χ1n) is 9.30. The fraction of sp³-hybridized carbons (Fsp3) is 0.632. The van der Waals surface area contributed by atoms with E-state index in [0.717, 1.165) is 42.8 Å². The lowest BCUT2D eigenvalue weighted by molar-refractivity contribution is 0.0279. The van der Waals surface area contributed by atoms with Gasteiger partial charge in [-0.3, -0.25) is 0 Å². The average Bonchev–Trinajstić information content (AvgIpc) is 3.25. The molecule has 2 atom stereocenters. The van der Waals surface area contributed by atoms with Gasteiger partial charge in [-0.1, -0.05) is 0 Å². The quantitative estimate of drug-likeness (QED) is 0.894. The van der Waals surface area contributed by atoms with Crippen molar-refractivity contribution in [2.24, 2.45) is 11.8 Å². The van der Waals surface area contributed by atoms with E-state index in [-0.39, 0.29) is 6.09 Å². The maximum absolute atomic E-state index is 12.3. The van der Waals surface area contributed by atoms with Crippen LogP contribution in [0.3, 0.4) is 0 Å². The Balaban J connectivity index is 1.42. The highest BCUT2D eigenvalue weighted by molar-refractivity contribution is 5.87. The molecule has 1 aliphatic heterocycles. The first-order chi connectivity index (χ1) is 12.3. The molecule has 0 aromatic carbocycles. The van der Waals surface area contributed by atoms with Gasteiger partial charge >= 0.3 is 6.09 Å². The van der Waals surface area contributed by atoms with E-state index < -0.39 is 5.60 Å². The third-order valence-corrected chi connectivity index (χ3v) is 5.59. The van der Waals surface area contributed by atoms with Crippen molar-refractivity contribution in [3.8, 4) is 0 Å². The van der Waals surface area contributed by atoms with Crippen molar-refractivity contribution in [2.75, 3.05) is 25.0 Å². The van der Waals surface area contributed by atoms with E-state index in [1.165, 1.54) is 0 Å². The number of carbonyl (C=O) groups excluding carboxylic acids is 1. The van der Waals surface area contributed by atoms with E-state index in [1.807, 2.05) is 37.9 Å². The van der Waals surface area contributed by atoms with Gasteiger partial charge in [-0.05, 0) is 51.5 Å². The van der Waals surface area contributed by atoms with Gasteiger partial charge in [-0.2, -0.15) is 0 Å². The predicted octanol–water partition coefficient (Wildman–Crippen LogP) is 3.04. The molecule has 1 saturated heterocycles. The first-order valence-corrected chi connectivity index (χ1v) is 9.30. The standard InChI is InChI=1S/C19H27N5O2/c1-19(2,3)26-18(25)24-9-12-7-14(8-13(12)10-24)23(4)17-15-5-6-20-16(15)21-11-22-17/h5-6,11-14H,7-10H2,1-4H3,(H,20,21,22). The van der Waals surface area contributed by atoms with Crippen LogP contribution >= 0.6 is 0 Å². The topological polar surface area (TPSA) is 74.4 Å². The molecule has 1 amide bonds. The number of rotatable bonds is 2. The van der Waals surface area contributed by atoms with Crippen LogP contribution in [0.2, 0.25) is 0 Å². The molecule has 2 unspecified atom stereocenters. The smallest absolute Gasteiger partial charge is 0.410 e. The molecule has 2 aromatic rings. The van der Waals surface area contributed by atoms with Crippen LogP contribution in [-0.2, 0) is 4.74 Å². The molecule has 140 valence electrons. The molecule has 26 heavy (non-hydrogen) atoms. The maximum atomic E-state index is 12.3. The Labute approximate surface area is 153 Å². The Morgan fingerprint density at radius 1 is 1.27 bits per heavy atom. The van der Waals surface area contributed by atoms with Crippen molar-refractivity contribution < 1.29 is 9.53 Å². The Kier molecular flexibility index (Phi) is 4.04. The molecule has 1 N–H and O–H groups in total. The minimum atomic E-state index is -0.438. The summed E-state index contributed by atoms with van der Waals surface area (Å²) in [6.07, 6.45) is 5.50. The highest BCUT2D eigenvalue weighted by Gasteiger charge is 2.44. The first kappa shape index (κ1) is 17.1. The van der Waals surface area contributed by atoms with Crippen molar-refractivity contribution in [1.82, 2.24) is 19.9 Å². The third-order valence-electron chi connectivity index (χ3n) is 5.59. The predicted molar refractivity (Wildman–Crippen MR) is 100 cm³/mol. The molecule has 4 rings (SSSR count). The molecule has 0 radical (unpaired) electrons. The van der Waals surface area contributed by atoms with Crippen LogP contribution in [0.5, 0.6) is 0 Å². The summed E-state index contributed by atoms with van der Waals surface area (Å²) in [5.74, 6) is 2.06. The SMILES string of the molecule is CN(c1ncnc2[nH]ccc12)C1CC2CN(C(=O)OC(C)(C)C)CC2C1.